The van der Waals surface area contributed by atoms with Gasteiger partial charge in [0, 0.05) is 18.9 Å². The Hall–Kier alpha value is -0.820. The molecule has 2 fully saturated rings. The van der Waals surface area contributed by atoms with Crippen molar-refractivity contribution in [2.75, 3.05) is 13.2 Å². The zero-order chi connectivity index (χ0) is 14.2. The fourth-order valence-electron chi connectivity index (χ4n) is 2.90. The first-order valence-electron chi connectivity index (χ1n) is 6.80. The summed E-state index contributed by atoms with van der Waals surface area (Å²) in [5, 5.41) is -0.348. The minimum atomic E-state index is -1.49. The second kappa shape index (κ2) is 5.52. The molecule has 110 valence electrons. The van der Waals surface area contributed by atoms with Crippen molar-refractivity contribution >= 4 is 10.8 Å². The second-order valence-corrected chi connectivity index (χ2v) is 6.92. The van der Waals surface area contributed by atoms with E-state index in [0.717, 1.165) is 0 Å². The Labute approximate surface area is 119 Å². The van der Waals surface area contributed by atoms with Gasteiger partial charge in [-0.25, -0.2) is 4.39 Å². The second-order valence-electron chi connectivity index (χ2n) is 5.28. The Morgan fingerprint density at radius 1 is 1.30 bits per heavy atom. The van der Waals surface area contributed by atoms with Gasteiger partial charge >= 0.3 is 0 Å². The lowest BCUT2D eigenvalue weighted by molar-refractivity contribution is -0.177. The number of rotatable bonds is 2. The van der Waals surface area contributed by atoms with Gasteiger partial charge in [0.1, 0.15) is 5.82 Å². The lowest BCUT2D eigenvalue weighted by Gasteiger charge is -2.39. The lowest BCUT2D eigenvalue weighted by Crippen LogP contribution is -2.50. The van der Waals surface area contributed by atoms with Crippen LogP contribution in [0.15, 0.2) is 29.2 Å². The molecule has 1 aliphatic heterocycles. The van der Waals surface area contributed by atoms with E-state index in [1.165, 1.54) is 6.07 Å². The molecule has 0 bridgehead atoms. The van der Waals surface area contributed by atoms with E-state index in [-0.39, 0.29) is 16.2 Å². The fraction of sp³-hybridized carbons (Fsp3) is 0.571. The molecule has 1 spiro atoms. The fourth-order valence-corrected chi connectivity index (χ4v) is 4.56. The van der Waals surface area contributed by atoms with Gasteiger partial charge in [0.25, 0.3) is 0 Å². The Balaban J connectivity index is 1.84. The zero-order valence-electron chi connectivity index (χ0n) is 11.1. The maximum Gasteiger partial charge on any atom is 0.169 e. The van der Waals surface area contributed by atoms with Crippen LogP contribution in [0, 0.1) is 5.82 Å². The highest BCUT2D eigenvalue weighted by molar-refractivity contribution is 7.85. The van der Waals surface area contributed by atoms with Crippen molar-refractivity contribution in [3.63, 3.8) is 0 Å². The van der Waals surface area contributed by atoms with Gasteiger partial charge in [-0.2, -0.15) is 0 Å². The summed E-state index contributed by atoms with van der Waals surface area (Å²) >= 11 is 0. The predicted octanol–water partition coefficient (Wildman–Crippen LogP) is 1.56. The van der Waals surface area contributed by atoms with Crippen LogP contribution >= 0.6 is 0 Å². The molecular formula is C14H18FNO3S. The molecule has 2 N–H and O–H groups in total. The van der Waals surface area contributed by atoms with Crippen LogP contribution < -0.4 is 5.73 Å². The summed E-state index contributed by atoms with van der Waals surface area (Å²) in [6, 6.07) is 5.91. The Morgan fingerprint density at radius 3 is 2.70 bits per heavy atom. The molecule has 1 saturated carbocycles. The predicted molar refractivity (Wildman–Crippen MR) is 73.1 cm³/mol. The summed E-state index contributed by atoms with van der Waals surface area (Å²) in [6.07, 6.45) is 1.83. The largest absolute Gasteiger partial charge is 0.347 e. The highest BCUT2D eigenvalue weighted by Crippen LogP contribution is 2.38. The normalized spacial score (nSPS) is 30.5. The molecule has 20 heavy (non-hydrogen) atoms. The van der Waals surface area contributed by atoms with E-state index in [1.54, 1.807) is 18.2 Å². The molecular weight excluding hydrogens is 281 g/mol. The van der Waals surface area contributed by atoms with Gasteiger partial charge in [-0.15, -0.1) is 0 Å². The van der Waals surface area contributed by atoms with Crippen LogP contribution in [0.3, 0.4) is 0 Å². The van der Waals surface area contributed by atoms with E-state index in [9.17, 15) is 8.60 Å². The average molecular weight is 299 g/mol. The van der Waals surface area contributed by atoms with Gasteiger partial charge < -0.3 is 15.2 Å². The van der Waals surface area contributed by atoms with Crippen LogP contribution in [-0.4, -0.2) is 34.5 Å². The summed E-state index contributed by atoms with van der Waals surface area (Å²) in [5.41, 5.74) is 6.09. The number of nitrogens with two attached hydrogens (primary N) is 1. The smallest absolute Gasteiger partial charge is 0.169 e. The summed E-state index contributed by atoms with van der Waals surface area (Å²) < 4.78 is 37.8. The molecule has 1 heterocycles. The first kappa shape index (κ1) is 14.1. The molecule has 4 nitrogen and oxygen atoms in total. The first-order chi connectivity index (χ1) is 9.61. The number of hydrogen-bond acceptors (Lipinski definition) is 4. The van der Waals surface area contributed by atoms with Crippen molar-refractivity contribution in [2.24, 2.45) is 5.73 Å². The van der Waals surface area contributed by atoms with Gasteiger partial charge in [0.15, 0.2) is 5.79 Å². The molecule has 1 aliphatic carbocycles. The zero-order valence-corrected chi connectivity index (χ0v) is 11.9. The lowest BCUT2D eigenvalue weighted by atomic mass is 9.90. The number of hydrogen-bond donors (Lipinski definition) is 1. The molecule has 0 amide bonds. The molecule has 3 rings (SSSR count). The van der Waals surface area contributed by atoms with E-state index < -0.39 is 22.4 Å². The Kier molecular flexibility index (Phi) is 3.90. The third-order valence-electron chi connectivity index (χ3n) is 3.99. The summed E-state index contributed by atoms with van der Waals surface area (Å²) in [4.78, 5) is 0.211. The van der Waals surface area contributed by atoms with Gasteiger partial charge in [-0.3, -0.25) is 4.21 Å². The van der Waals surface area contributed by atoms with Crippen molar-refractivity contribution in [3.8, 4) is 0 Å². The average Bonchev–Trinajstić information content (AvgIpc) is 2.90. The van der Waals surface area contributed by atoms with Gasteiger partial charge in [0.2, 0.25) is 0 Å². The quantitative estimate of drug-likeness (QED) is 0.900. The highest BCUT2D eigenvalue weighted by atomic mass is 32.2. The molecule has 1 aromatic carbocycles. The van der Waals surface area contributed by atoms with Gasteiger partial charge in [-0.05, 0) is 18.6 Å². The number of benzene rings is 1. The summed E-state index contributed by atoms with van der Waals surface area (Å²) in [6.45, 7) is 1.10. The third kappa shape index (κ3) is 2.53. The topological polar surface area (TPSA) is 61.6 Å². The van der Waals surface area contributed by atoms with E-state index in [4.69, 9.17) is 15.2 Å². The van der Waals surface area contributed by atoms with Crippen LogP contribution in [0.2, 0.25) is 0 Å². The monoisotopic (exact) mass is 299 g/mol. The summed E-state index contributed by atoms with van der Waals surface area (Å²) in [5.74, 6) is -1.12. The van der Waals surface area contributed by atoms with Crippen molar-refractivity contribution < 1.29 is 18.1 Å². The van der Waals surface area contributed by atoms with Crippen LogP contribution in [0.5, 0.6) is 0 Å². The Bertz CT molecular complexity index is 519. The molecule has 3 unspecified atom stereocenters. The van der Waals surface area contributed by atoms with E-state index in [1.807, 2.05) is 0 Å². The molecule has 3 atom stereocenters. The van der Waals surface area contributed by atoms with Crippen molar-refractivity contribution in [2.45, 2.75) is 41.2 Å². The van der Waals surface area contributed by atoms with Gasteiger partial charge in [-0.1, -0.05) is 12.1 Å². The maximum absolute atomic E-state index is 13.8. The van der Waals surface area contributed by atoms with E-state index >= 15 is 0 Å². The number of ether oxygens (including phenoxy) is 2. The van der Waals surface area contributed by atoms with Crippen molar-refractivity contribution in [1.29, 1.82) is 0 Å². The van der Waals surface area contributed by atoms with Crippen LogP contribution in [0.4, 0.5) is 4.39 Å². The van der Waals surface area contributed by atoms with Crippen LogP contribution in [0.25, 0.3) is 0 Å². The first-order valence-corrected chi connectivity index (χ1v) is 8.01. The Morgan fingerprint density at radius 2 is 2.00 bits per heavy atom. The SMILES string of the molecule is NC1CCC2(CC1S(=O)c1ccccc1F)OCCO2. The van der Waals surface area contributed by atoms with E-state index in [0.29, 0.717) is 32.5 Å². The molecule has 0 aromatic heterocycles. The highest BCUT2D eigenvalue weighted by Gasteiger charge is 2.46. The van der Waals surface area contributed by atoms with Crippen LogP contribution in [-0.2, 0) is 20.3 Å². The molecule has 1 saturated heterocycles. The molecule has 0 radical (unpaired) electrons. The molecule has 2 aliphatic rings. The van der Waals surface area contributed by atoms with E-state index in [2.05, 4.69) is 0 Å². The standard InChI is InChI=1S/C14H18FNO3S/c15-10-3-1-2-4-12(10)20(17)13-9-14(6-5-11(13)16)18-7-8-19-14/h1-4,11,13H,5-9,16H2. The minimum absolute atomic E-state index is 0.211. The van der Waals surface area contributed by atoms with Gasteiger partial charge in [0.05, 0.1) is 34.2 Å². The number of halogens is 1. The van der Waals surface area contributed by atoms with Crippen molar-refractivity contribution in [1.82, 2.24) is 0 Å². The maximum atomic E-state index is 13.8. The third-order valence-corrected chi connectivity index (χ3v) is 5.82. The summed E-state index contributed by atoms with van der Waals surface area (Å²) in [7, 11) is -1.49. The molecule has 6 heteroatoms. The van der Waals surface area contributed by atoms with Crippen molar-refractivity contribution in [3.05, 3.63) is 30.1 Å². The van der Waals surface area contributed by atoms with Crippen LogP contribution in [0.1, 0.15) is 19.3 Å². The minimum Gasteiger partial charge on any atom is -0.347 e. The molecule has 1 aromatic rings.